The average molecular weight is 302 g/mol. The SMILES string of the molecule is CC(Nc1ncc(Br)cc1F)C1CCCNC1. The van der Waals surface area contributed by atoms with E-state index in [4.69, 9.17) is 0 Å². The highest BCUT2D eigenvalue weighted by atomic mass is 79.9. The van der Waals surface area contributed by atoms with Gasteiger partial charge in [0, 0.05) is 16.7 Å². The van der Waals surface area contributed by atoms with Crippen molar-refractivity contribution in [3.05, 3.63) is 22.6 Å². The molecule has 1 aromatic heterocycles. The van der Waals surface area contributed by atoms with Gasteiger partial charge in [0.25, 0.3) is 0 Å². The Bertz CT molecular complexity index is 380. The molecule has 2 heterocycles. The van der Waals surface area contributed by atoms with Gasteiger partial charge in [-0.05, 0) is 60.8 Å². The zero-order valence-corrected chi connectivity index (χ0v) is 11.4. The third-order valence-electron chi connectivity index (χ3n) is 3.21. The largest absolute Gasteiger partial charge is 0.365 e. The third kappa shape index (κ3) is 3.39. The molecular weight excluding hydrogens is 285 g/mol. The smallest absolute Gasteiger partial charge is 0.166 e. The molecule has 5 heteroatoms. The predicted octanol–water partition coefficient (Wildman–Crippen LogP) is 2.78. The maximum Gasteiger partial charge on any atom is 0.166 e. The highest BCUT2D eigenvalue weighted by Crippen LogP contribution is 2.21. The lowest BCUT2D eigenvalue weighted by Crippen LogP contribution is -2.39. The van der Waals surface area contributed by atoms with Gasteiger partial charge in [-0.2, -0.15) is 0 Å². The summed E-state index contributed by atoms with van der Waals surface area (Å²) in [6.07, 6.45) is 3.98. The predicted molar refractivity (Wildman–Crippen MR) is 70.6 cm³/mol. The molecule has 0 bridgehead atoms. The van der Waals surface area contributed by atoms with Crippen LogP contribution >= 0.6 is 15.9 Å². The van der Waals surface area contributed by atoms with Crippen molar-refractivity contribution in [3.63, 3.8) is 0 Å². The maximum atomic E-state index is 13.6. The van der Waals surface area contributed by atoms with Crippen molar-refractivity contribution >= 4 is 21.7 Å². The van der Waals surface area contributed by atoms with Gasteiger partial charge in [-0.1, -0.05) is 0 Å². The number of rotatable bonds is 3. The highest BCUT2D eigenvalue weighted by molar-refractivity contribution is 9.10. The summed E-state index contributed by atoms with van der Waals surface area (Å²) in [7, 11) is 0. The van der Waals surface area contributed by atoms with E-state index in [9.17, 15) is 4.39 Å². The van der Waals surface area contributed by atoms with Crippen LogP contribution in [0.1, 0.15) is 19.8 Å². The van der Waals surface area contributed by atoms with E-state index in [0.717, 1.165) is 13.1 Å². The minimum absolute atomic E-state index is 0.228. The second-order valence-electron chi connectivity index (χ2n) is 4.52. The number of aromatic nitrogens is 1. The van der Waals surface area contributed by atoms with Crippen molar-refractivity contribution in [2.75, 3.05) is 18.4 Å². The Morgan fingerprint density at radius 3 is 3.12 bits per heavy atom. The molecule has 0 spiro atoms. The fourth-order valence-corrected chi connectivity index (χ4v) is 2.46. The highest BCUT2D eigenvalue weighted by Gasteiger charge is 2.20. The Hall–Kier alpha value is -0.680. The number of hydrogen-bond acceptors (Lipinski definition) is 3. The molecule has 2 unspecified atom stereocenters. The Labute approximate surface area is 109 Å². The minimum atomic E-state index is -0.310. The Morgan fingerprint density at radius 1 is 1.65 bits per heavy atom. The molecule has 0 saturated carbocycles. The molecule has 1 fully saturated rings. The van der Waals surface area contributed by atoms with E-state index in [2.05, 4.69) is 38.5 Å². The molecule has 94 valence electrons. The van der Waals surface area contributed by atoms with E-state index < -0.39 is 0 Å². The Morgan fingerprint density at radius 2 is 2.47 bits per heavy atom. The van der Waals surface area contributed by atoms with Gasteiger partial charge in [0.1, 0.15) is 0 Å². The van der Waals surface area contributed by atoms with Crippen molar-refractivity contribution in [1.29, 1.82) is 0 Å². The second kappa shape index (κ2) is 5.78. The second-order valence-corrected chi connectivity index (χ2v) is 5.44. The quantitative estimate of drug-likeness (QED) is 0.901. The van der Waals surface area contributed by atoms with E-state index in [1.165, 1.54) is 18.9 Å². The van der Waals surface area contributed by atoms with Crippen molar-refractivity contribution in [1.82, 2.24) is 10.3 Å². The summed E-state index contributed by atoms with van der Waals surface area (Å²) < 4.78 is 14.3. The van der Waals surface area contributed by atoms with Crippen molar-refractivity contribution < 1.29 is 4.39 Å². The minimum Gasteiger partial charge on any atom is -0.365 e. The first kappa shape index (κ1) is 12.8. The van der Waals surface area contributed by atoms with Crippen LogP contribution < -0.4 is 10.6 Å². The van der Waals surface area contributed by atoms with Gasteiger partial charge in [0.05, 0.1) is 0 Å². The number of nitrogens with one attached hydrogen (secondary N) is 2. The van der Waals surface area contributed by atoms with Gasteiger partial charge >= 0.3 is 0 Å². The zero-order valence-electron chi connectivity index (χ0n) is 9.84. The number of piperidine rings is 1. The number of halogens is 2. The van der Waals surface area contributed by atoms with Gasteiger partial charge < -0.3 is 10.6 Å². The number of nitrogens with zero attached hydrogens (tertiary/aromatic N) is 1. The lowest BCUT2D eigenvalue weighted by Gasteiger charge is -2.29. The lowest BCUT2D eigenvalue weighted by molar-refractivity contribution is 0.346. The van der Waals surface area contributed by atoms with E-state index in [-0.39, 0.29) is 11.9 Å². The van der Waals surface area contributed by atoms with Gasteiger partial charge in [-0.25, -0.2) is 9.37 Å². The van der Waals surface area contributed by atoms with Crippen LogP contribution in [-0.2, 0) is 0 Å². The molecule has 2 atom stereocenters. The first-order valence-corrected chi connectivity index (χ1v) is 6.74. The first-order valence-electron chi connectivity index (χ1n) is 5.95. The maximum absolute atomic E-state index is 13.6. The Balaban J connectivity index is 1.99. The third-order valence-corrected chi connectivity index (χ3v) is 3.65. The number of anilines is 1. The van der Waals surface area contributed by atoms with E-state index in [1.807, 2.05) is 0 Å². The van der Waals surface area contributed by atoms with Crippen LogP contribution in [0.15, 0.2) is 16.7 Å². The van der Waals surface area contributed by atoms with E-state index in [0.29, 0.717) is 16.2 Å². The van der Waals surface area contributed by atoms with Crippen LogP contribution in [0.25, 0.3) is 0 Å². The summed E-state index contributed by atoms with van der Waals surface area (Å²) in [6.45, 7) is 4.17. The average Bonchev–Trinajstić information content (AvgIpc) is 2.34. The molecule has 17 heavy (non-hydrogen) atoms. The van der Waals surface area contributed by atoms with Crippen molar-refractivity contribution in [3.8, 4) is 0 Å². The van der Waals surface area contributed by atoms with Crippen LogP contribution in [0.3, 0.4) is 0 Å². The fourth-order valence-electron chi connectivity index (χ4n) is 2.16. The lowest BCUT2D eigenvalue weighted by atomic mass is 9.93. The molecule has 0 aromatic carbocycles. The monoisotopic (exact) mass is 301 g/mol. The first-order chi connectivity index (χ1) is 8.16. The molecule has 0 radical (unpaired) electrons. The van der Waals surface area contributed by atoms with Gasteiger partial charge in [0.15, 0.2) is 11.6 Å². The molecule has 2 N–H and O–H groups in total. The standard InChI is InChI=1S/C12H17BrFN3/c1-8(9-3-2-4-15-6-9)17-12-11(14)5-10(13)7-16-12/h5,7-9,15H,2-4,6H2,1H3,(H,16,17). The van der Waals surface area contributed by atoms with Gasteiger partial charge in [0.2, 0.25) is 0 Å². The number of hydrogen-bond donors (Lipinski definition) is 2. The molecule has 1 aliphatic heterocycles. The molecule has 2 rings (SSSR count). The summed E-state index contributed by atoms with van der Waals surface area (Å²) in [5.41, 5.74) is 0. The summed E-state index contributed by atoms with van der Waals surface area (Å²) >= 11 is 3.20. The topological polar surface area (TPSA) is 37.0 Å². The summed E-state index contributed by atoms with van der Waals surface area (Å²) in [6, 6.07) is 1.66. The van der Waals surface area contributed by atoms with Crippen LogP contribution in [0, 0.1) is 11.7 Å². The zero-order chi connectivity index (χ0) is 12.3. The summed E-state index contributed by atoms with van der Waals surface area (Å²) in [5, 5.41) is 6.52. The van der Waals surface area contributed by atoms with Crippen LogP contribution in [0.4, 0.5) is 10.2 Å². The van der Waals surface area contributed by atoms with Crippen molar-refractivity contribution in [2.24, 2.45) is 5.92 Å². The van der Waals surface area contributed by atoms with Crippen LogP contribution in [0.2, 0.25) is 0 Å². The van der Waals surface area contributed by atoms with Crippen LogP contribution in [-0.4, -0.2) is 24.1 Å². The molecule has 1 aromatic rings. The van der Waals surface area contributed by atoms with Gasteiger partial charge in [-0.3, -0.25) is 0 Å². The Kier molecular flexibility index (Phi) is 4.34. The summed E-state index contributed by atoms with van der Waals surface area (Å²) in [4.78, 5) is 4.06. The van der Waals surface area contributed by atoms with Gasteiger partial charge in [-0.15, -0.1) is 0 Å². The molecule has 1 saturated heterocycles. The molecule has 3 nitrogen and oxygen atoms in total. The number of pyridine rings is 1. The fraction of sp³-hybridized carbons (Fsp3) is 0.583. The van der Waals surface area contributed by atoms with E-state index >= 15 is 0 Å². The molecule has 1 aliphatic rings. The molecule has 0 aliphatic carbocycles. The molecular formula is C12H17BrFN3. The normalized spacial score (nSPS) is 22.2. The summed E-state index contributed by atoms with van der Waals surface area (Å²) in [5.74, 6) is 0.565. The molecule has 0 amide bonds. The van der Waals surface area contributed by atoms with Crippen LogP contribution in [0.5, 0.6) is 0 Å². The van der Waals surface area contributed by atoms with E-state index in [1.54, 1.807) is 6.20 Å². The van der Waals surface area contributed by atoms with Crippen molar-refractivity contribution in [2.45, 2.75) is 25.8 Å².